The van der Waals surface area contributed by atoms with Crippen LogP contribution in [0, 0.1) is 0 Å². The van der Waals surface area contributed by atoms with E-state index in [1.54, 1.807) is 32.9 Å². The first-order chi connectivity index (χ1) is 14.5. The topological polar surface area (TPSA) is 143 Å². The maximum Gasteiger partial charge on any atom is 0.408 e. The van der Waals surface area contributed by atoms with E-state index in [-0.39, 0.29) is 19.6 Å². The van der Waals surface area contributed by atoms with E-state index in [2.05, 4.69) is 16.0 Å². The molecule has 4 N–H and O–H groups in total. The Hall–Kier alpha value is -3.30. The number of hydrogen-bond acceptors (Lipinski definition) is 6. The van der Waals surface area contributed by atoms with Gasteiger partial charge in [-0.2, -0.15) is 0 Å². The summed E-state index contributed by atoms with van der Waals surface area (Å²) < 4.78 is 10.1. The van der Waals surface area contributed by atoms with Crippen molar-refractivity contribution in [2.75, 3.05) is 6.54 Å². The van der Waals surface area contributed by atoms with E-state index in [4.69, 9.17) is 9.47 Å². The molecule has 1 aromatic carbocycles. The van der Waals surface area contributed by atoms with Crippen molar-refractivity contribution in [3.05, 3.63) is 35.9 Å². The Kier molecular flexibility index (Phi) is 10.3. The Morgan fingerprint density at radius 2 is 1.68 bits per heavy atom. The minimum absolute atomic E-state index is 0.0451. The van der Waals surface area contributed by atoms with Crippen molar-refractivity contribution in [1.82, 2.24) is 16.0 Å². The molecule has 1 aromatic rings. The van der Waals surface area contributed by atoms with Crippen LogP contribution in [0.15, 0.2) is 30.3 Å². The molecule has 1 rings (SSSR count). The van der Waals surface area contributed by atoms with E-state index in [0.29, 0.717) is 6.42 Å². The Morgan fingerprint density at radius 1 is 1.03 bits per heavy atom. The van der Waals surface area contributed by atoms with Gasteiger partial charge in [0, 0.05) is 6.54 Å². The number of amides is 3. The van der Waals surface area contributed by atoms with Gasteiger partial charge in [0.05, 0.1) is 0 Å². The summed E-state index contributed by atoms with van der Waals surface area (Å²) in [5.41, 5.74) is 0.160. The zero-order valence-corrected chi connectivity index (χ0v) is 18.3. The first kappa shape index (κ1) is 25.7. The lowest BCUT2D eigenvalue weighted by molar-refractivity contribution is -0.142. The van der Waals surface area contributed by atoms with Gasteiger partial charge >= 0.3 is 18.2 Å². The van der Waals surface area contributed by atoms with Crippen molar-refractivity contribution in [2.24, 2.45) is 0 Å². The quantitative estimate of drug-likeness (QED) is 0.411. The summed E-state index contributed by atoms with van der Waals surface area (Å²) >= 11 is 0. The van der Waals surface area contributed by atoms with Crippen molar-refractivity contribution < 1.29 is 33.8 Å². The fourth-order valence-corrected chi connectivity index (χ4v) is 2.37. The largest absolute Gasteiger partial charge is 0.480 e. The second-order valence-corrected chi connectivity index (χ2v) is 7.90. The second kappa shape index (κ2) is 12.4. The number of hydrogen-bond donors (Lipinski definition) is 4. The van der Waals surface area contributed by atoms with Crippen LogP contribution in [0.25, 0.3) is 0 Å². The zero-order valence-electron chi connectivity index (χ0n) is 18.3. The van der Waals surface area contributed by atoms with Crippen LogP contribution in [0.3, 0.4) is 0 Å². The highest BCUT2D eigenvalue weighted by atomic mass is 16.6. The first-order valence-corrected chi connectivity index (χ1v) is 9.95. The standard InChI is InChI=1S/C21H31N3O7/c1-14(23-20(29)30-13-15-9-6-5-7-10-15)17(25)24-16(18(26)27)11-8-12-22-19(28)31-21(2,3)4/h5-7,9-10,14,16H,8,11-13H2,1-4H3,(H,22,28)(H,23,29)(H,24,25)(H,26,27). The van der Waals surface area contributed by atoms with Crippen LogP contribution < -0.4 is 16.0 Å². The van der Waals surface area contributed by atoms with E-state index in [1.165, 1.54) is 6.92 Å². The molecular formula is C21H31N3O7. The molecule has 10 heteroatoms. The third-order valence-corrected chi connectivity index (χ3v) is 3.89. The molecule has 0 heterocycles. The third-order valence-electron chi connectivity index (χ3n) is 3.89. The maximum atomic E-state index is 12.2. The van der Waals surface area contributed by atoms with Gasteiger partial charge in [-0.1, -0.05) is 30.3 Å². The van der Waals surface area contributed by atoms with E-state index >= 15 is 0 Å². The summed E-state index contributed by atoms with van der Waals surface area (Å²) in [4.78, 5) is 47.1. The molecule has 0 spiro atoms. The van der Waals surface area contributed by atoms with Crippen LogP contribution in [0.5, 0.6) is 0 Å². The first-order valence-electron chi connectivity index (χ1n) is 9.95. The van der Waals surface area contributed by atoms with E-state index < -0.39 is 41.7 Å². The fourth-order valence-electron chi connectivity index (χ4n) is 2.37. The molecule has 0 aliphatic heterocycles. The molecule has 0 aliphatic rings. The average molecular weight is 437 g/mol. The molecule has 3 amide bonds. The van der Waals surface area contributed by atoms with E-state index in [1.807, 2.05) is 18.2 Å². The molecule has 31 heavy (non-hydrogen) atoms. The van der Waals surface area contributed by atoms with Crippen LogP contribution in [0.2, 0.25) is 0 Å². The summed E-state index contributed by atoms with van der Waals surface area (Å²) in [7, 11) is 0. The highest BCUT2D eigenvalue weighted by molar-refractivity contribution is 5.88. The number of aliphatic carboxylic acids is 1. The number of rotatable bonds is 10. The summed E-state index contributed by atoms with van der Waals surface area (Å²) in [6.45, 7) is 6.85. The number of carbonyl (C=O) groups is 4. The molecule has 0 saturated carbocycles. The molecule has 10 nitrogen and oxygen atoms in total. The van der Waals surface area contributed by atoms with Crippen LogP contribution >= 0.6 is 0 Å². The number of benzene rings is 1. The monoisotopic (exact) mass is 437 g/mol. The number of carbonyl (C=O) groups excluding carboxylic acids is 3. The molecule has 0 saturated heterocycles. The molecule has 0 aliphatic carbocycles. The molecule has 0 radical (unpaired) electrons. The normalized spacial score (nSPS) is 12.8. The Bertz CT molecular complexity index is 747. The van der Waals surface area contributed by atoms with Gasteiger partial charge in [-0.05, 0) is 46.1 Å². The highest BCUT2D eigenvalue weighted by Gasteiger charge is 2.24. The number of nitrogens with one attached hydrogen (secondary N) is 3. The SMILES string of the molecule is CC(NC(=O)OCc1ccccc1)C(=O)NC(CCCNC(=O)OC(C)(C)C)C(=O)O. The third kappa shape index (κ3) is 11.5. The summed E-state index contributed by atoms with van der Waals surface area (Å²) in [5, 5.41) is 16.6. The Labute approximate surface area is 181 Å². The molecule has 0 bridgehead atoms. The molecule has 0 aromatic heterocycles. The Morgan fingerprint density at radius 3 is 2.26 bits per heavy atom. The minimum Gasteiger partial charge on any atom is -0.480 e. The summed E-state index contributed by atoms with van der Waals surface area (Å²) in [6.07, 6.45) is -1.00. The van der Waals surface area contributed by atoms with Gasteiger partial charge in [0.15, 0.2) is 0 Å². The highest BCUT2D eigenvalue weighted by Crippen LogP contribution is 2.06. The maximum absolute atomic E-state index is 12.2. The van der Waals surface area contributed by atoms with Crippen molar-refractivity contribution in [3.63, 3.8) is 0 Å². The fraction of sp³-hybridized carbons (Fsp3) is 0.524. The average Bonchev–Trinajstić information content (AvgIpc) is 2.67. The molecule has 2 unspecified atom stereocenters. The molecule has 172 valence electrons. The lowest BCUT2D eigenvalue weighted by atomic mass is 10.1. The van der Waals surface area contributed by atoms with Crippen LogP contribution in [-0.2, 0) is 25.7 Å². The predicted molar refractivity (Wildman–Crippen MR) is 112 cm³/mol. The van der Waals surface area contributed by atoms with Gasteiger partial charge in [0.2, 0.25) is 5.91 Å². The summed E-state index contributed by atoms with van der Waals surface area (Å²) in [5.74, 6) is -1.88. The van der Waals surface area contributed by atoms with Crippen LogP contribution in [0.4, 0.5) is 9.59 Å². The number of alkyl carbamates (subject to hydrolysis) is 2. The summed E-state index contributed by atoms with van der Waals surface area (Å²) in [6, 6.07) is 6.87. The van der Waals surface area contributed by atoms with Gasteiger partial charge in [-0.25, -0.2) is 14.4 Å². The van der Waals surface area contributed by atoms with Crippen molar-refractivity contribution in [3.8, 4) is 0 Å². The van der Waals surface area contributed by atoms with Gasteiger partial charge in [0.25, 0.3) is 0 Å². The minimum atomic E-state index is -1.22. The van der Waals surface area contributed by atoms with Crippen LogP contribution in [0.1, 0.15) is 46.1 Å². The van der Waals surface area contributed by atoms with Crippen molar-refractivity contribution >= 4 is 24.1 Å². The van der Waals surface area contributed by atoms with E-state index in [0.717, 1.165) is 5.56 Å². The molecule has 0 fully saturated rings. The predicted octanol–water partition coefficient (Wildman–Crippen LogP) is 2.18. The molecule has 2 atom stereocenters. The van der Waals surface area contributed by atoms with Gasteiger partial charge in [-0.15, -0.1) is 0 Å². The smallest absolute Gasteiger partial charge is 0.408 e. The van der Waals surface area contributed by atoms with E-state index in [9.17, 15) is 24.3 Å². The number of carboxylic acids is 1. The number of ether oxygens (including phenoxy) is 2. The second-order valence-electron chi connectivity index (χ2n) is 7.90. The zero-order chi connectivity index (χ0) is 23.4. The Balaban J connectivity index is 2.38. The van der Waals surface area contributed by atoms with Gasteiger partial charge in [-0.3, -0.25) is 4.79 Å². The number of carboxylic acid groups (broad SMARTS) is 1. The van der Waals surface area contributed by atoms with Crippen molar-refractivity contribution in [2.45, 2.75) is 64.8 Å². The van der Waals surface area contributed by atoms with Crippen LogP contribution in [-0.4, -0.2) is 53.4 Å². The van der Waals surface area contributed by atoms with Gasteiger partial charge in [0.1, 0.15) is 24.3 Å². The lowest BCUT2D eigenvalue weighted by Gasteiger charge is -2.20. The molecular weight excluding hydrogens is 406 g/mol. The lowest BCUT2D eigenvalue weighted by Crippen LogP contribution is -2.50. The van der Waals surface area contributed by atoms with Gasteiger partial charge < -0.3 is 30.5 Å². The van der Waals surface area contributed by atoms with Crippen molar-refractivity contribution in [1.29, 1.82) is 0 Å².